The third-order valence-electron chi connectivity index (χ3n) is 3.80. The molecule has 0 spiro atoms. The fourth-order valence-electron chi connectivity index (χ4n) is 2.41. The van der Waals surface area contributed by atoms with Crippen molar-refractivity contribution in [1.82, 2.24) is 4.72 Å². The maximum atomic E-state index is 12.3. The minimum Gasteiger partial charge on any atom is -0.398 e. The molecular weight excluding hydrogens is 274 g/mol. The monoisotopic (exact) mass is 293 g/mol. The molecule has 1 aromatic carbocycles. The zero-order valence-corrected chi connectivity index (χ0v) is 12.3. The maximum absolute atomic E-state index is 12.3. The lowest BCUT2D eigenvalue weighted by Crippen LogP contribution is -2.30. The van der Waals surface area contributed by atoms with Gasteiger partial charge in [0.2, 0.25) is 10.0 Å². The second kappa shape index (κ2) is 5.43. The second-order valence-corrected chi connectivity index (χ2v) is 7.17. The molecule has 0 amide bonds. The molecule has 0 atom stereocenters. The van der Waals surface area contributed by atoms with Gasteiger partial charge in [0.15, 0.2) is 0 Å². The van der Waals surface area contributed by atoms with Gasteiger partial charge in [0.25, 0.3) is 0 Å². The highest BCUT2D eigenvalue weighted by Crippen LogP contribution is 2.49. The van der Waals surface area contributed by atoms with E-state index in [4.69, 9.17) is 11.0 Å². The number of nitrogens with zero attached hydrogens (tertiary/aromatic N) is 1. The van der Waals surface area contributed by atoms with Gasteiger partial charge in [-0.2, -0.15) is 5.26 Å². The number of nitrogens with one attached hydrogen (secondary N) is 1. The predicted octanol–water partition coefficient (Wildman–Crippen LogP) is 2.00. The van der Waals surface area contributed by atoms with Crippen LogP contribution in [0.3, 0.4) is 0 Å². The molecule has 1 saturated carbocycles. The summed E-state index contributed by atoms with van der Waals surface area (Å²) in [6.07, 6.45) is 4.25. The van der Waals surface area contributed by atoms with Gasteiger partial charge >= 0.3 is 0 Å². The van der Waals surface area contributed by atoms with Crippen LogP contribution in [0.4, 0.5) is 5.69 Å². The number of nitrogen functional groups attached to an aromatic ring is 1. The van der Waals surface area contributed by atoms with Crippen LogP contribution < -0.4 is 10.5 Å². The van der Waals surface area contributed by atoms with E-state index in [9.17, 15) is 8.42 Å². The van der Waals surface area contributed by atoms with Gasteiger partial charge in [-0.25, -0.2) is 13.1 Å². The Kier molecular flexibility index (Phi) is 4.02. The lowest BCUT2D eigenvalue weighted by atomic mass is 10.0. The van der Waals surface area contributed by atoms with Crippen molar-refractivity contribution in [2.75, 3.05) is 12.3 Å². The molecule has 0 heterocycles. The highest BCUT2D eigenvalue weighted by Gasteiger charge is 2.42. The van der Waals surface area contributed by atoms with Crippen LogP contribution in [-0.2, 0) is 10.0 Å². The van der Waals surface area contributed by atoms with Gasteiger partial charge in [0, 0.05) is 6.54 Å². The summed E-state index contributed by atoms with van der Waals surface area (Å²) in [6.45, 7) is 2.57. The van der Waals surface area contributed by atoms with E-state index in [-0.39, 0.29) is 16.0 Å². The molecule has 0 radical (unpaired) electrons. The number of nitrogens with two attached hydrogens (primary N) is 1. The minimum absolute atomic E-state index is 0.0452. The fraction of sp³-hybridized carbons (Fsp3) is 0.500. The van der Waals surface area contributed by atoms with Crippen molar-refractivity contribution in [3.05, 3.63) is 23.8 Å². The Bertz CT molecular complexity index is 643. The van der Waals surface area contributed by atoms with Crippen molar-refractivity contribution in [2.24, 2.45) is 5.41 Å². The Morgan fingerprint density at radius 3 is 2.65 bits per heavy atom. The first-order valence-electron chi connectivity index (χ1n) is 6.72. The van der Waals surface area contributed by atoms with Crippen molar-refractivity contribution >= 4 is 15.7 Å². The Labute approximate surface area is 119 Å². The summed E-state index contributed by atoms with van der Waals surface area (Å²) < 4.78 is 27.2. The lowest BCUT2D eigenvalue weighted by molar-refractivity contribution is 0.449. The van der Waals surface area contributed by atoms with E-state index in [0.29, 0.717) is 12.1 Å². The Hall–Kier alpha value is -1.58. The van der Waals surface area contributed by atoms with Gasteiger partial charge in [-0.15, -0.1) is 0 Å². The number of hydrogen-bond acceptors (Lipinski definition) is 4. The standard InChI is InChI=1S/C14H19N3O2S/c1-2-5-14(6-7-14)10-17-20(18,19)13-4-3-11(9-15)8-12(13)16/h3-4,8,17H,2,5-7,10,16H2,1H3. The van der Waals surface area contributed by atoms with Gasteiger partial charge in [0.05, 0.1) is 17.3 Å². The third-order valence-corrected chi connectivity index (χ3v) is 5.28. The molecule has 1 aliphatic rings. The van der Waals surface area contributed by atoms with Crippen molar-refractivity contribution in [1.29, 1.82) is 5.26 Å². The van der Waals surface area contributed by atoms with Gasteiger partial charge in [-0.3, -0.25) is 0 Å². The molecule has 1 fully saturated rings. The van der Waals surface area contributed by atoms with Gasteiger partial charge in [-0.05, 0) is 42.9 Å². The highest BCUT2D eigenvalue weighted by atomic mass is 32.2. The van der Waals surface area contributed by atoms with E-state index in [1.807, 2.05) is 6.07 Å². The van der Waals surface area contributed by atoms with Crippen molar-refractivity contribution in [2.45, 2.75) is 37.5 Å². The number of rotatable bonds is 6. The van der Waals surface area contributed by atoms with E-state index < -0.39 is 10.0 Å². The second-order valence-electron chi connectivity index (χ2n) is 5.44. The molecule has 0 saturated heterocycles. The quantitative estimate of drug-likeness (QED) is 0.784. The SMILES string of the molecule is CCCC1(CNS(=O)(=O)c2ccc(C#N)cc2N)CC1. The zero-order chi connectivity index (χ0) is 14.8. The summed E-state index contributed by atoms with van der Waals surface area (Å²) in [5.41, 5.74) is 6.33. The lowest BCUT2D eigenvalue weighted by Gasteiger charge is -2.15. The molecule has 0 bridgehead atoms. The first kappa shape index (κ1) is 14.8. The highest BCUT2D eigenvalue weighted by molar-refractivity contribution is 7.89. The van der Waals surface area contributed by atoms with E-state index in [2.05, 4.69) is 11.6 Å². The molecule has 108 valence electrons. The Balaban J connectivity index is 2.13. The average Bonchev–Trinajstić information content (AvgIpc) is 3.17. The van der Waals surface area contributed by atoms with Crippen LogP contribution in [-0.4, -0.2) is 15.0 Å². The molecule has 0 unspecified atom stereocenters. The van der Waals surface area contributed by atoms with Gasteiger partial charge < -0.3 is 5.73 Å². The topological polar surface area (TPSA) is 96.0 Å². The number of sulfonamides is 1. The molecule has 6 heteroatoms. The van der Waals surface area contributed by atoms with Crippen LogP contribution in [0.2, 0.25) is 0 Å². The summed E-state index contributed by atoms with van der Waals surface area (Å²) >= 11 is 0. The fourth-order valence-corrected chi connectivity index (χ4v) is 3.68. The van der Waals surface area contributed by atoms with Crippen LogP contribution in [0.1, 0.15) is 38.2 Å². The summed E-state index contributed by atoms with van der Waals surface area (Å²) in [4.78, 5) is 0.0452. The van der Waals surface area contributed by atoms with Crippen molar-refractivity contribution in [3.8, 4) is 6.07 Å². The van der Waals surface area contributed by atoms with E-state index in [1.165, 1.54) is 18.2 Å². The van der Waals surface area contributed by atoms with Crippen LogP contribution in [0.25, 0.3) is 0 Å². The molecular formula is C14H19N3O2S. The normalized spacial score (nSPS) is 16.6. The van der Waals surface area contributed by atoms with Crippen LogP contribution in [0.5, 0.6) is 0 Å². The summed E-state index contributed by atoms with van der Waals surface area (Å²) in [6, 6.07) is 6.16. The predicted molar refractivity (Wildman–Crippen MR) is 77.3 cm³/mol. The van der Waals surface area contributed by atoms with Crippen LogP contribution in [0.15, 0.2) is 23.1 Å². The molecule has 3 N–H and O–H groups in total. The molecule has 20 heavy (non-hydrogen) atoms. The maximum Gasteiger partial charge on any atom is 0.242 e. The molecule has 0 aromatic heterocycles. The van der Waals surface area contributed by atoms with Gasteiger partial charge in [0.1, 0.15) is 4.90 Å². The Morgan fingerprint density at radius 2 is 2.15 bits per heavy atom. The smallest absolute Gasteiger partial charge is 0.242 e. The third kappa shape index (κ3) is 3.11. The number of hydrogen-bond donors (Lipinski definition) is 2. The first-order chi connectivity index (χ1) is 9.42. The molecule has 2 rings (SSSR count). The van der Waals surface area contributed by atoms with Crippen molar-refractivity contribution < 1.29 is 8.42 Å². The van der Waals surface area contributed by atoms with Crippen molar-refractivity contribution in [3.63, 3.8) is 0 Å². The van der Waals surface area contributed by atoms with E-state index >= 15 is 0 Å². The number of anilines is 1. The molecule has 1 aliphatic carbocycles. The molecule has 1 aromatic rings. The average molecular weight is 293 g/mol. The Morgan fingerprint density at radius 1 is 1.45 bits per heavy atom. The minimum atomic E-state index is -3.61. The largest absolute Gasteiger partial charge is 0.398 e. The molecule has 0 aliphatic heterocycles. The van der Waals surface area contributed by atoms with E-state index in [0.717, 1.165) is 25.7 Å². The first-order valence-corrected chi connectivity index (χ1v) is 8.20. The zero-order valence-electron chi connectivity index (χ0n) is 11.5. The summed E-state index contributed by atoms with van der Waals surface area (Å²) in [7, 11) is -3.61. The van der Waals surface area contributed by atoms with Gasteiger partial charge in [-0.1, -0.05) is 13.3 Å². The summed E-state index contributed by atoms with van der Waals surface area (Å²) in [5, 5.41) is 8.76. The van der Waals surface area contributed by atoms with E-state index in [1.54, 1.807) is 0 Å². The number of nitriles is 1. The number of benzene rings is 1. The molecule has 5 nitrogen and oxygen atoms in total. The summed E-state index contributed by atoms with van der Waals surface area (Å²) in [5.74, 6) is 0. The van der Waals surface area contributed by atoms with Crippen LogP contribution in [0, 0.1) is 16.7 Å². The van der Waals surface area contributed by atoms with Crippen LogP contribution >= 0.6 is 0 Å².